The lowest BCUT2D eigenvalue weighted by atomic mass is 9.81. The summed E-state index contributed by atoms with van der Waals surface area (Å²) in [6.45, 7) is 0. The van der Waals surface area contributed by atoms with Crippen LogP contribution in [-0.2, 0) is 9.59 Å². The van der Waals surface area contributed by atoms with Gasteiger partial charge in [-0.2, -0.15) is 5.01 Å². The molecule has 0 spiro atoms. The summed E-state index contributed by atoms with van der Waals surface area (Å²) >= 11 is 0. The Morgan fingerprint density at radius 3 is 2.00 bits per heavy atom. The number of nitrogens with zero attached hydrogens (tertiary/aromatic N) is 2. The van der Waals surface area contributed by atoms with Crippen molar-refractivity contribution in [3.8, 4) is 0 Å². The molecule has 31 heavy (non-hydrogen) atoms. The number of rotatable bonds is 5. The van der Waals surface area contributed by atoms with E-state index in [4.69, 9.17) is 0 Å². The zero-order valence-corrected chi connectivity index (χ0v) is 16.8. The summed E-state index contributed by atoms with van der Waals surface area (Å²) < 4.78 is 0. The van der Waals surface area contributed by atoms with Gasteiger partial charge >= 0.3 is 6.09 Å². The highest BCUT2D eigenvalue weighted by atomic mass is 16.4. The Labute approximate surface area is 179 Å². The van der Waals surface area contributed by atoms with Crippen molar-refractivity contribution < 1.29 is 24.6 Å². The first kappa shape index (κ1) is 20.8. The normalized spacial score (nSPS) is 24.4. The van der Waals surface area contributed by atoms with Crippen LogP contribution >= 0.6 is 0 Å². The number of aliphatic hydroxyl groups excluding tert-OH is 1. The van der Waals surface area contributed by atoms with Gasteiger partial charge in [0.2, 0.25) is 11.8 Å². The smallest absolute Gasteiger partial charge is 0.419 e. The monoisotopic (exact) mass is 421 g/mol. The summed E-state index contributed by atoms with van der Waals surface area (Å²) in [5.41, 5.74) is 3.94. The molecule has 2 aliphatic heterocycles. The van der Waals surface area contributed by atoms with E-state index in [2.05, 4.69) is 5.43 Å². The molecular formula is C23H23N3O5. The molecule has 0 bridgehead atoms. The summed E-state index contributed by atoms with van der Waals surface area (Å²) in [5, 5.41) is 22.1. The lowest BCUT2D eigenvalue weighted by Crippen LogP contribution is -2.62. The molecule has 4 atom stereocenters. The minimum absolute atomic E-state index is 0.404. The molecular weight excluding hydrogens is 398 g/mol. The molecule has 3 amide bonds. The Bertz CT molecular complexity index is 971. The standard InChI is InChI=1S/C23H23N3O5/c1-25-21(28)16-12-13-17(26(24-23(30)31)19(16)22(25)29)20(27)18(14-8-4-2-5-9-14)15-10-6-3-7-11-15/h2-13,16-20,24,27H,1H3,(H,30,31). The van der Waals surface area contributed by atoms with E-state index in [1.54, 1.807) is 12.2 Å². The van der Waals surface area contributed by atoms with Crippen LogP contribution in [0.25, 0.3) is 0 Å². The lowest BCUT2D eigenvalue weighted by molar-refractivity contribution is -0.139. The Morgan fingerprint density at radius 1 is 0.935 bits per heavy atom. The molecule has 160 valence electrons. The molecule has 3 N–H and O–H groups in total. The van der Waals surface area contributed by atoms with Crippen LogP contribution < -0.4 is 5.43 Å². The van der Waals surface area contributed by atoms with E-state index in [0.717, 1.165) is 16.0 Å². The van der Waals surface area contributed by atoms with Crippen LogP contribution in [0, 0.1) is 5.92 Å². The van der Waals surface area contributed by atoms with E-state index in [1.807, 2.05) is 60.7 Å². The highest BCUT2D eigenvalue weighted by Crippen LogP contribution is 2.36. The van der Waals surface area contributed by atoms with E-state index >= 15 is 0 Å². The molecule has 2 heterocycles. The third-order valence-electron chi connectivity index (χ3n) is 5.91. The zero-order valence-electron chi connectivity index (χ0n) is 16.8. The van der Waals surface area contributed by atoms with Crippen molar-refractivity contribution in [2.24, 2.45) is 5.92 Å². The summed E-state index contributed by atoms with van der Waals surface area (Å²) in [6.07, 6.45) is 0.708. The van der Waals surface area contributed by atoms with Gasteiger partial charge in [-0.1, -0.05) is 72.8 Å². The second-order valence-corrected chi connectivity index (χ2v) is 7.70. The average Bonchev–Trinajstić information content (AvgIpc) is 2.99. The minimum Gasteiger partial charge on any atom is -0.464 e. The number of aliphatic hydroxyl groups is 1. The van der Waals surface area contributed by atoms with Crippen molar-refractivity contribution in [2.75, 3.05) is 7.05 Å². The van der Waals surface area contributed by atoms with E-state index in [0.29, 0.717) is 0 Å². The van der Waals surface area contributed by atoms with Gasteiger partial charge in [-0.3, -0.25) is 19.9 Å². The fraction of sp³-hybridized carbons (Fsp3) is 0.261. The molecule has 8 heteroatoms. The first-order valence-corrected chi connectivity index (χ1v) is 9.95. The number of fused-ring (bicyclic) bond motifs is 1. The minimum atomic E-state index is -1.38. The van der Waals surface area contributed by atoms with Gasteiger partial charge in [0.25, 0.3) is 0 Å². The number of likely N-dealkylation sites (N-methyl/N-ethyl adjacent to an activating group) is 1. The number of benzene rings is 2. The fourth-order valence-electron chi connectivity index (χ4n) is 4.45. The molecule has 2 aromatic carbocycles. The Morgan fingerprint density at radius 2 is 1.48 bits per heavy atom. The quantitative estimate of drug-likeness (QED) is 0.500. The van der Waals surface area contributed by atoms with Gasteiger partial charge < -0.3 is 10.2 Å². The molecule has 0 aromatic heterocycles. The van der Waals surface area contributed by atoms with Crippen LogP contribution in [0.4, 0.5) is 4.79 Å². The molecule has 8 nitrogen and oxygen atoms in total. The van der Waals surface area contributed by atoms with Crippen LogP contribution in [0.5, 0.6) is 0 Å². The van der Waals surface area contributed by atoms with E-state index < -0.39 is 47.9 Å². The van der Waals surface area contributed by atoms with Gasteiger partial charge in [0.05, 0.1) is 18.1 Å². The van der Waals surface area contributed by atoms with Gasteiger partial charge in [-0.05, 0) is 11.1 Å². The largest absolute Gasteiger partial charge is 0.464 e. The maximum absolute atomic E-state index is 12.7. The predicted octanol–water partition coefficient (Wildman–Crippen LogP) is 1.59. The summed E-state index contributed by atoms with van der Waals surface area (Å²) in [7, 11) is 1.37. The number of nitrogens with one attached hydrogen (secondary N) is 1. The van der Waals surface area contributed by atoms with Gasteiger partial charge in [-0.25, -0.2) is 4.79 Å². The molecule has 2 aromatic rings. The number of hydrogen-bond donors (Lipinski definition) is 3. The average molecular weight is 421 g/mol. The van der Waals surface area contributed by atoms with Crippen LogP contribution in [0.3, 0.4) is 0 Å². The zero-order chi connectivity index (χ0) is 22.1. The first-order valence-electron chi connectivity index (χ1n) is 9.95. The van der Waals surface area contributed by atoms with Crippen molar-refractivity contribution in [3.05, 3.63) is 83.9 Å². The van der Waals surface area contributed by atoms with Gasteiger partial charge in [0.1, 0.15) is 6.04 Å². The van der Waals surface area contributed by atoms with Crippen LogP contribution in [0.15, 0.2) is 72.8 Å². The van der Waals surface area contributed by atoms with E-state index in [1.165, 1.54) is 12.1 Å². The highest BCUT2D eigenvalue weighted by Gasteiger charge is 2.53. The van der Waals surface area contributed by atoms with E-state index in [-0.39, 0.29) is 0 Å². The van der Waals surface area contributed by atoms with Crippen molar-refractivity contribution >= 4 is 17.9 Å². The van der Waals surface area contributed by atoms with Crippen molar-refractivity contribution in [2.45, 2.75) is 24.1 Å². The number of carbonyl (C=O) groups excluding carboxylic acids is 2. The molecule has 1 saturated heterocycles. The summed E-state index contributed by atoms with van der Waals surface area (Å²) in [6, 6.07) is 16.9. The predicted molar refractivity (Wildman–Crippen MR) is 112 cm³/mol. The fourth-order valence-corrected chi connectivity index (χ4v) is 4.45. The second-order valence-electron chi connectivity index (χ2n) is 7.70. The van der Waals surface area contributed by atoms with Crippen LogP contribution in [-0.4, -0.2) is 63.3 Å². The second kappa shape index (κ2) is 8.33. The van der Waals surface area contributed by atoms with Crippen LogP contribution in [0.2, 0.25) is 0 Å². The van der Waals surface area contributed by atoms with Crippen molar-refractivity contribution in [1.82, 2.24) is 15.3 Å². The highest BCUT2D eigenvalue weighted by molar-refractivity contribution is 6.08. The Balaban J connectivity index is 1.77. The summed E-state index contributed by atoms with van der Waals surface area (Å²) in [4.78, 5) is 37.7. The van der Waals surface area contributed by atoms with E-state index in [9.17, 15) is 24.6 Å². The number of hydrazine groups is 1. The molecule has 4 rings (SSSR count). The molecule has 1 fully saturated rings. The van der Waals surface area contributed by atoms with Crippen molar-refractivity contribution in [3.63, 3.8) is 0 Å². The molecule has 0 aliphatic carbocycles. The van der Waals surface area contributed by atoms with Crippen LogP contribution in [0.1, 0.15) is 17.0 Å². The molecule has 2 aliphatic rings. The van der Waals surface area contributed by atoms with Gasteiger partial charge in [0, 0.05) is 13.0 Å². The number of likely N-dealkylation sites (tertiary alicyclic amines) is 1. The van der Waals surface area contributed by atoms with Crippen molar-refractivity contribution in [1.29, 1.82) is 0 Å². The van der Waals surface area contributed by atoms with Gasteiger partial charge in [0.15, 0.2) is 0 Å². The third-order valence-corrected chi connectivity index (χ3v) is 5.91. The lowest BCUT2D eigenvalue weighted by Gasteiger charge is -2.41. The Kier molecular flexibility index (Phi) is 5.58. The number of hydrogen-bond acceptors (Lipinski definition) is 5. The number of carbonyl (C=O) groups is 3. The number of imide groups is 1. The maximum atomic E-state index is 12.7. The number of carboxylic acid groups (broad SMARTS) is 1. The molecule has 0 saturated carbocycles. The Hall–Kier alpha value is -3.49. The van der Waals surface area contributed by atoms with Gasteiger partial charge in [-0.15, -0.1) is 0 Å². The topological polar surface area (TPSA) is 110 Å². The summed E-state index contributed by atoms with van der Waals surface area (Å²) in [5.74, 6) is -2.21. The molecule has 0 radical (unpaired) electrons. The first-order chi connectivity index (χ1) is 14.9. The molecule has 4 unspecified atom stereocenters. The SMILES string of the molecule is CN1C(=O)C2C=CC(C(O)C(c3ccccc3)c3ccccc3)N(NC(=O)O)C2C1=O. The maximum Gasteiger partial charge on any atom is 0.419 e. The number of amides is 3. The third kappa shape index (κ3) is 3.71.